The van der Waals surface area contributed by atoms with Gasteiger partial charge in [0.1, 0.15) is 10.7 Å². The number of aryl methyl sites for hydroxylation is 1. The fraction of sp³-hybridized carbons (Fsp3) is 0.182. The van der Waals surface area contributed by atoms with Crippen LogP contribution in [0.3, 0.4) is 0 Å². The van der Waals surface area contributed by atoms with E-state index in [1.165, 1.54) is 12.1 Å². The summed E-state index contributed by atoms with van der Waals surface area (Å²) >= 11 is 11.8. The molecule has 6 nitrogen and oxygen atoms in total. The van der Waals surface area contributed by atoms with Gasteiger partial charge in [0.15, 0.2) is 0 Å². The second kappa shape index (κ2) is 5.61. The van der Waals surface area contributed by atoms with Gasteiger partial charge in [0, 0.05) is 25.1 Å². The number of imidazole rings is 1. The number of benzene rings is 1. The average Bonchev–Trinajstić information content (AvgIpc) is 2.70. The number of sulfonamides is 1. The zero-order chi connectivity index (χ0) is 14.9. The minimum atomic E-state index is -3.85. The number of anilines is 1. The third-order valence-electron chi connectivity index (χ3n) is 2.63. The van der Waals surface area contributed by atoms with Crippen molar-refractivity contribution < 1.29 is 8.42 Å². The summed E-state index contributed by atoms with van der Waals surface area (Å²) in [5.41, 5.74) is 5.84. The lowest BCUT2D eigenvalue weighted by Gasteiger charge is -2.10. The SMILES string of the molecule is Cn1ccnc1CNS(=O)(=O)c1c(Cl)cc(N)cc1Cl. The maximum absolute atomic E-state index is 12.2. The standard InChI is InChI=1S/C11H12Cl2N4O2S/c1-17-3-2-15-10(17)6-16-20(18,19)11-8(12)4-7(14)5-9(11)13/h2-5,16H,6,14H2,1H3. The van der Waals surface area contributed by atoms with E-state index in [9.17, 15) is 8.42 Å². The summed E-state index contributed by atoms with van der Waals surface area (Å²) < 4.78 is 28.6. The smallest absolute Gasteiger partial charge is 0.243 e. The molecule has 2 rings (SSSR count). The van der Waals surface area contributed by atoms with E-state index in [4.69, 9.17) is 28.9 Å². The Morgan fingerprint density at radius 3 is 2.45 bits per heavy atom. The first-order chi connectivity index (χ1) is 9.31. The molecule has 0 radical (unpaired) electrons. The molecule has 0 atom stereocenters. The highest BCUT2D eigenvalue weighted by atomic mass is 35.5. The van der Waals surface area contributed by atoms with Crippen molar-refractivity contribution in [2.45, 2.75) is 11.4 Å². The quantitative estimate of drug-likeness (QED) is 0.834. The highest BCUT2D eigenvalue weighted by Crippen LogP contribution is 2.31. The lowest BCUT2D eigenvalue weighted by Crippen LogP contribution is -2.25. The lowest BCUT2D eigenvalue weighted by molar-refractivity contribution is 0.577. The van der Waals surface area contributed by atoms with Crippen LogP contribution in [-0.2, 0) is 23.6 Å². The summed E-state index contributed by atoms with van der Waals surface area (Å²) in [7, 11) is -2.09. The van der Waals surface area contributed by atoms with Crippen molar-refractivity contribution in [2.75, 3.05) is 5.73 Å². The molecule has 0 aliphatic rings. The monoisotopic (exact) mass is 334 g/mol. The molecule has 108 valence electrons. The van der Waals surface area contributed by atoms with Gasteiger partial charge < -0.3 is 10.3 Å². The zero-order valence-corrected chi connectivity index (χ0v) is 12.8. The number of nitrogens with zero attached hydrogens (tertiary/aromatic N) is 2. The number of aromatic nitrogens is 2. The largest absolute Gasteiger partial charge is 0.399 e. The minimum Gasteiger partial charge on any atom is -0.399 e. The topological polar surface area (TPSA) is 90.0 Å². The normalized spacial score (nSPS) is 11.8. The van der Waals surface area contributed by atoms with Crippen LogP contribution in [0.5, 0.6) is 0 Å². The highest BCUT2D eigenvalue weighted by molar-refractivity contribution is 7.89. The maximum Gasteiger partial charge on any atom is 0.243 e. The molecule has 0 bridgehead atoms. The van der Waals surface area contributed by atoms with Crippen LogP contribution in [0.4, 0.5) is 5.69 Å². The van der Waals surface area contributed by atoms with Crippen LogP contribution < -0.4 is 10.5 Å². The van der Waals surface area contributed by atoms with E-state index in [1.54, 1.807) is 24.0 Å². The second-order valence-electron chi connectivity index (χ2n) is 4.09. The Bertz CT molecular complexity index is 720. The Morgan fingerprint density at radius 2 is 1.95 bits per heavy atom. The van der Waals surface area contributed by atoms with E-state index in [-0.39, 0.29) is 21.5 Å². The fourth-order valence-electron chi connectivity index (χ4n) is 1.63. The first kappa shape index (κ1) is 15.1. The van der Waals surface area contributed by atoms with Gasteiger partial charge in [-0.3, -0.25) is 0 Å². The Hall–Kier alpha value is -1.28. The van der Waals surface area contributed by atoms with Gasteiger partial charge in [-0.2, -0.15) is 0 Å². The summed E-state index contributed by atoms with van der Waals surface area (Å²) in [4.78, 5) is 3.83. The summed E-state index contributed by atoms with van der Waals surface area (Å²) in [6.07, 6.45) is 3.29. The predicted octanol–water partition coefficient (Wildman–Crippen LogP) is 1.79. The maximum atomic E-state index is 12.2. The molecule has 9 heteroatoms. The highest BCUT2D eigenvalue weighted by Gasteiger charge is 2.22. The van der Waals surface area contributed by atoms with Gasteiger partial charge in [0.25, 0.3) is 0 Å². The van der Waals surface area contributed by atoms with Crippen LogP contribution >= 0.6 is 23.2 Å². The number of hydrogen-bond donors (Lipinski definition) is 2. The molecule has 1 heterocycles. The molecule has 3 N–H and O–H groups in total. The Kier molecular flexibility index (Phi) is 4.24. The Morgan fingerprint density at radius 1 is 1.35 bits per heavy atom. The van der Waals surface area contributed by atoms with Gasteiger partial charge in [0.2, 0.25) is 10.0 Å². The van der Waals surface area contributed by atoms with Gasteiger partial charge in [0.05, 0.1) is 16.6 Å². The van der Waals surface area contributed by atoms with E-state index >= 15 is 0 Å². The molecule has 0 aliphatic carbocycles. The second-order valence-corrected chi connectivity index (χ2v) is 6.61. The van der Waals surface area contributed by atoms with Crippen molar-refractivity contribution in [1.29, 1.82) is 0 Å². The van der Waals surface area contributed by atoms with Gasteiger partial charge in [-0.1, -0.05) is 23.2 Å². The number of hydrogen-bond acceptors (Lipinski definition) is 4. The minimum absolute atomic E-state index is 0.0256. The number of nitrogens with one attached hydrogen (secondary N) is 1. The summed E-state index contributed by atoms with van der Waals surface area (Å²) in [6.45, 7) is 0.0306. The molecule has 1 aromatic heterocycles. The molecule has 1 aromatic carbocycles. The van der Waals surface area contributed by atoms with Crippen LogP contribution in [0.1, 0.15) is 5.82 Å². The van der Waals surface area contributed by atoms with Crippen molar-refractivity contribution in [2.24, 2.45) is 7.05 Å². The molecule has 2 aromatic rings. The van der Waals surface area contributed by atoms with Crippen molar-refractivity contribution in [3.05, 3.63) is 40.4 Å². The number of halogens is 2. The van der Waals surface area contributed by atoms with Crippen LogP contribution in [0.15, 0.2) is 29.4 Å². The van der Waals surface area contributed by atoms with Crippen molar-refractivity contribution in [3.63, 3.8) is 0 Å². The summed E-state index contributed by atoms with van der Waals surface area (Å²) in [6, 6.07) is 2.67. The van der Waals surface area contributed by atoms with Crippen molar-refractivity contribution >= 4 is 38.9 Å². The number of rotatable bonds is 4. The van der Waals surface area contributed by atoms with Gasteiger partial charge >= 0.3 is 0 Å². The summed E-state index contributed by atoms with van der Waals surface area (Å²) in [5, 5.41) is -0.0512. The summed E-state index contributed by atoms with van der Waals surface area (Å²) in [5.74, 6) is 0.566. The van der Waals surface area contributed by atoms with E-state index < -0.39 is 10.0 Å². The first-order valence-corrected chi connectivity index (χ1v) is 7.75. The van der Waals surface area contributed by atoms with E-state index in [1.807, 2.05) is 0 Å². The first-order valence-electron chi connectivity index (χ1n) is 5.51. The number of nitrogen functional groups attached to an aromatic ring is 1. The molecule has 0 saturated carbocycles. The van der Waals surface area contributed by atoms with Crippen molar-refractivity contribution in [3.8, 4) is 0 Å². The van der Waals surface area contributed by atoms with Crippen LogP contribution in [-0.4, -0.2) is 18.0 Å². The van der Waals surface area contributed by atoms with Crippen molar-refractivity contribution in [1.82, 2.24) is 14.3 Å². The average molecular weight is 335 g/mol. The molecule has 20 heavy (non-hydrogen) atoms. The molecule has 0 aliphatic heterocycles. The Labute approximate surface area is 126 Å². The van der Waals surface area contributed by atoms with Crippen LogP contribution in [0.2, 0.25) is 10.0 Å². The zero-order valence-electron chi connectivity index (χ0n) is 10.5. The number of nitrogens with two attached hydrogens (primary N) is 1. The van der Waals surface area contributed by atoms with E-state index in [0.717, 1.165) is 0 Å². The molecular weight excluding hydrogens is 323 g/mol. The third kappa shape index (κ3) is 3.06. The molecule has 0 spiro atoms. The molecule has 0 fully saturated rings. The molecule has 0 amide bonds. The predicted molar refractivity (Wildman–Crippen MR) is 78.1 cm³/mol. The Balaban J connectivity index is 2.30. The fourth-order valence-corrected chi connectivity index (χ4v) is 3.84. The van der Waals surface area contributed by atoms with E-state index in [2.05, 4.69) is 9.71 Å². The van der Waals surface area contributed by atoms with Crippen LogP contribution in [0.25, 0.3) is 0 Å². The molecule has 0 unspecified atom stereocenters. The van der Waals surface area contributed by atoms with Gasteiger partial charge in [-0.15, -0.1) is 0 Å². The molecule has 0 saturated heterocycles. The van der Waals surface area contributed by atoms with Gasteiger partial charge in [-0.05, 0) is 12.1 Å². The van der Waals surface area contributed by atoms with E-state index in [0.29, 0.717) is 11.5 Å². The third-order valence-corrected chi connectivity index (χ3v) is 4.95. The van der Waals surface area contributed by atoms with Gasteiger partial charge in [-0.25, -0.2) is 18.1 Å². The molecular formula is C11H12Cl2N4O2S. The lowest BCUT2D eigenvalue weighted by atomic mass is 10.3. The van der Waals surface area contributed by atoms with Crippen LogP contribution in [0, 0.1) is 0 Å².